The minimum atomic E-state index is 1.04. The molecule has 72 valence electrons. The van der Waals surface area contributed by atoms with Crippen molar-refractivity contribution in [3.8, 4) is 0 Å². The van der Waals surface area contributed by atoms with E-state index >= 15 is 0 Å². The minimum Gasteiger partial charge on any atom is -0.301 e. The van der Waals surface area contributed by atoms with E-state index in [-0.39, 0.29) is 0 Å². The first-order valence-electron chi connectivity index (χ1n) is 4.21. The molecular weight excluding hydrogens is 176 g/mol. The molecule has 0 saturated carbocycles. The summed E-state index contributed by atoms with van der Waals surface area (Å²) in [6.45, 7) is 7.66. The first-order valence-corrected chi connectivity index (χ1v) is 4.91. The summed E-state index contributed by atoms with van der Waals surface area (Å²) >= 11 is 1.29. The number of hydrogen-bond acceptors (Lipinski definition) is 5. The molecule has 1 aliphatic rings. The fourth-order valence-corrected chi connectivity index (χ4v) is 1.65. The SMILES string of the molecule is CCN1CCN(SOOC)CC1. The molecule has 0 bridgehead atoms. The standard InChI is InChI=1S/C7H16N2O2S/c1-3-8-4-6-9(7-5-8)12-11-10-2/h3-7H2,1-2H3. The molecule has 0 amide bonds. The van der Waals surface area contributed by atoms with Crippen LogP contribution >= 0.6 is 12.2 Å². The van der Waals surface area contributed by atoms with Crippen molar-refractivity contribution >= 4 is 12.2 Å². The summed E-state index contributed by atoms with van der Waals surface area (Å²) in [4.78, 5) is 6.93. The Hall–Kier alpha value is 0.190. The second-order valence-corrected chi connectivity index (χ2v) is 3.47. The lowest BCUT2D eigenvalue weighted by molar-refractivity contribution is -0.164. The van der Waals surface area contributed by atoms with Gasteiger partial charge in [-0.1, -0.05) is 6.92 Å². The Morgan fingerprint density at radius 2 is 1.92 bits per heavy atom. The third kappa shape index (κ3) is 3.28. The van der Waals surface area contributed by atoms with E-state index in [4.69, 9.17) is 4.33 Å². The molecule has 1 aliphatic heterocycles. The lowest BCUT2D eigenvalue weighted by Gasteiger charge is -2.31. The zero-order chi connectivity index (χ0) is 8.81. The number of hydrogen-bond donors (Lipinski definition) is 0. The molecule has 0 aromatic heterocycles. The van der Waals surface area contributed by atoms with Crippen molar-refractivity contribution in [3.63, 3.8) is 0 Å². The van der Waals surface area contributed by atoms with Gasteiger partial charge >= 0.3 is 0 Å². The summed E-state index contributed by atoms with van der Waals surface area (Å²) < 4.78 is 6.93. The van der Waals surface area contributed by atoms with Crippen LogP contribution in [-0.4, -0.2) is 49.0 Å². The number of nitrogens with zero attached hydrogens (tertiary/aromatic N) is 2. The number of piperazine rings is 1. The van der Waals surface area contributed by atoms with Crippen molar-refractivity contribution < 1.29 is 9.22 Å². The number of rotatable bonds is 4. The summed E-state index contributed by atoms with van der Waals surface area (Å²) in [5, 5.41) is 0. The van der Waals surface area contributed by atoms with Gasteiger partial charge in [-0.05, 0) is 6.54 Å². The lowest BCUT2D eigenvalue weighted by Crippen LogP contribution is -2.43. The molecule has 5 heteroatoms. The van der Waals surface area contributed by atoms with Crippen LogP contribution in [0.3, 0.4) is 0 Å². The molecule has 0 N–H and O–H groups in total. The molecule has 0 radical (unpaired) electrons. The molecule has 1 rings (SSSR count). The summed E-state index contributed by atoms with van der Waals surface area (Å²) in [5.41, 5.74) is 0. The molecule has 0 aromatic carbocycles. The van der Waals surface area contributed by atoms with Crippen LogP contribution in [0.15, 0.2) is 0 Å². The van der Waals surface area contributed by atoms with Crippen molar-refractivity contribution in [2.75, 3.05) is 39.8 Å². The van der Waals surface area contributed by atoms with Crippen molar-refractivity contribution in [1.82, 2.24) is 9.21 Å². The van der Waals surface area contributed by atoms with E-state index in [9.17, 15) is 0 Å². The van der Waals surface area contributed by atoms with Gasteiger partial charge in [0.2, 0.25) is 0 Å². The fraction of sp³-hybridized carbons (Fsp3) is 1.00. The van der Waals surface area contributed by atoms with E-state index < -0.39 is 0 Å². The highest BCUT2D eigenvalue weighted by Crippen LogP contribution is 2.13. The van der Waals surface area contributed by atoms with Gasteiger partial charge in [-0.25, -0.2) is 9.19 Å². The molecular formula is C7H16N2O2S. The summed E-state index contributed by atoms with van der Waals surface area (Å²) in [6, 6.07) is 0. The van der Waals surface area contributed by atoms with E-state index in [1.54, 1.807) is 0 Å². The van der Waals surface area contributed by atoms with Crippen molar-refractivity contribution in [2.24, 2.45) is 0 Å². The Bertz CT molecular complexity index is 118. The average molecular weight is 192 g/mol. The number of likely N-dealkylation sites (N-methyl/N-ethyl adjacent to an activating group) is 1. The Balaban J connectivity index is 2.09. The Kier molecular flexibility index (Phi) is 4.94. The second kappa shape index (κ2) is 5.77. The van der Waals surface area contributed by atoms with Gasteiger partial charge < -0.3 is 4.90 Å². The largest absolute Gasteiger partial charge is 0.301 e. The van der Waals surface area contributed by atoms with Crippen LogP contribution in [0.4, 0.5) is 0 Å². The van der Waals surface area contributed by atoms with Crippen molar-refractivity contribution in [3.05, 3.63) is 0 Å². The lowest BCUT2D eigenvalue weighted by atomic mass is 10.4. The van der Waals surface area contributed by atoms with E-state index in [0.717, 1.165) is 32.7 Å². The molecule has 0 spiro atoms. The monoisotopic (exact) mass is 192 g/mol. The van der Waals surface area contributed by atoms with Crippen LogP contribution in [0.25, 0.3) is 0 Å². The summed E-state index contributed by atoms with van der Waals surface area (Å²) in [5.74, 6) is 0. The normalized spacial score (nSPS) is 21.5. The highest BCUT2D eigenvalue weighted by molar-refractivity contribution is 7.92. The van der Waals surface area contributed by atoms with Crippen LogP contribution in [0.2, 0.25) is 0 Å². The molecule has 0 atom stereocenters. The molecule has 0 aromatic rings. The van der Waals surface area contributed by atoms with Crippen LogP contribution < -0.4 is 0 Å². The molecule has 0 unspecified atom stereocenters. The Morgan fingerprint density at radius 3 is 2.42 bits per heavy atom. The third-order valence-corrected chi connectivity index (χ3v) is 2.76. The maximum absolute atomic E-state index is 4.77. The third-order valence-electron chi connectivity index (χ3n) is 1.98. The fourth-order valence-electron chi connectivity index (χ4n) is 1.19. The van der Waals surface area contributed by atoms with E-state index in [1.807, 2.05) is 0 Å². The average Bonchev–Trinajstić information content (AvgIpc) is 2.15. The highest BCUT2D eigenvalue weighted by Gasteiger charge is 2.16. The topological polar surface area (TPSA) is 24.9 Å². The van der Waals surface area contributed by atoms with Crippen molar-refractivity contribution in [2.45, 2.75) is 6.92 Å². The van der Waals surface area contributed by atoms with Gasteiger partial charge in [0.25, 0.3) is 0 Å². The van der Waals surface area contributed by atoms with Gasteiger partial charge in [0, 0.05) is 26.2 Å². The zero-order valence-corrected chi connectivity index (χ0v) is 8.47. The first kappa shape index (κ1) is 10.3. The van der Waals surface area contributed by atoms with E-state index in [1.165, 1.54) is 19.3 Å². The quantitative estimate of drug-likeness (QED) is 0.283. The molecule has 0 aliphatic carbocycles. The van der Waals surface area contributed by atoms with Crippen LogP contribution in [0.1, 0.15) is 6.92 Å². The molecule has 1 heterocycles. The minimum absolute atomic E-state index is 1.04. The van der Waals surface area contributed by atoms with Gasteiger partial charge in [-0.15, -0.1) is 4.33 Å². The second-order valence-electron chi connectivity index (χ2n) is 2.67. The van der Waals surface area contributed by atoms with E-state index in [2.05, 4.69) is 21.0 Å². The van der Waals surface area contributed by atoms with Gasteiger partial charge in [-0.3, -0.25) is 0 Å². The molecule has 4 nitrogen and oxygen atoms in total. The molecule has 12 heavy (non-hydrogen) atoms. The smallest absolute Gasteiger partial charge is 0.121 e. The van der Waals surface area contributed by atoms with Gasteiger partial charge in [0.05, 0.1) is 7.11 Å². The van der Waals surface area contributed by atoms with Crippen LogP contribution in [-0.2, 0) is 9.22 Å². The predicted molar refractivity (Wildman–Crippen MR) is 49.4 cm³/mol. The van der Waals surface area contributed by atoms with Gasteiger partial charge in [0.15, 0.2) is 0 Å². The maximum atomic E-state index is 4.77. The van der Waals surface area contributed by atoms with Gasteiger partial charge in [-0.2, -0.15) is 0 Å². The van der Waals surface area contributed by atoms with Crippen LogP contribution in [0, 0.1) is 0 Å². The predicted octanol–water partition coefficient (Wildman–Crippen LogP) is 0.765. The Labute approximate surface area is 78.1 Å². The maximum Gasteiger partial charge on any atom is 0.121 e. The first-order chi connectivity index (χ1) is 5.86. The summed E-state index contributed by atoms with van der Waals surface area (Å²) in [7, 11) is 1.52. The van der Waals surface area contributed by atoms with Gasteiger partial charge in [0.1, 0.15) is 12.2 Å². The van der Waals surface area contributed by atoms with Crippen molar-refractivity contribution in [1.29, 1.82) is 0 Å². The van der Waals surface area contributed by atoms with Crippen LogP contribution in [0.5, 0.6) is 0 Å². The Morgan fingerprint density at radius 1 is 1.25 bits per heavy atom. The molecule has 1 fully saturated rings. The zero-order valence-electron chi connectivity index (χ0n) is 7.65. The highest BCUT2D eigenvalue weighted by atomic mass is 32.2. The van der Waals surface area contributed by atoms with E-state index in [0.29, 0.717) is 0 Å². The summed E-state index contributed by atoms with van der Waals surface area (Å²) in [6.07, 6.45) is 0. The molecule has 1 saturated heterocycles.